The van der Waals surface area contributed by atoms with Crippen molar-refractivity contribution in [1.29, 1.82) is 0 Å². The monoisotopic (exact) mass is 211 g/mol. The average molecular weight is 211 g/mol. The summed E-state index contributed by atoms with van der Waals surface area (Å²) in [6.07, 6.45) is -0.0807. The first kappa shape index (κ1) is 11.9. The van der Waals surface area contributed by atoms with Crippen molar-refractivity contribution in [2.75, 3.05) is 0 Å². The van der Waals surface area contributed by atoms with E-state index in [9.17, 15) is 19.8 Å². The predicted octanol–water partition coefficient (Wildman–Crippen LogP) is -0.0602. The van der Waals surface area contributed by atoms with Crippen molar-refractivity contribution in [2.24, 2.45) is 5.92 Å². The van der Waals surface area contributed by atoms with Crippen molar-refractivity contribution in [2.45, 2.75) is 39.2 Å². The van der Waals surface area contributed by atoms with Crippen LogP contribution in [0.3, 0.4) is 0 Å². The number of ketones is 2. The number of hydrogen-bond donors (Lipinski definition) is 1. The summed E-state index contributed by atoms with van der Waals surface area (Å²) in [5.74, 6) is -1.48. The topological polar surface area (TPSA) is 77.4 Å². The normalized spacial score (nSPS) is 31.6. The first-order valence-electron chi connectivity index (χ1n) is 4.88. The number of Topliss-reactive ketones (excluding diaryl/α,β-unsaturated/α-hetero) is 2. The maximum atomic E-state index is 11.5. The van der Waals surface area contributed by atoms with Gasteiger partial charge in [0.25, 0.3) is 0 Å². The van der Waals surface area contributed by atoms with Gasteiger partial charge in [-0.05, 0) is 39.2 Å². The Morgan fingerprint density at radius 1 is 1.47 bits per heavy atom. The summed E-state index contributed by atoms with van der Waals surface area (Å²) < 4.78 is 0. The first-order chi connectivity index (χ1) is 6.75. The largest absolute Gasteiger partial charge is 0.875 e. The van der Waals surface area contributed by atoms with Gasteiger partial charge in [-0.3, -0.25) is 9.59 Å². The quantitative estimate of drug-likeness (QED) is 0.694. The third-order valence-electron chi connectivity index (χ3n) is 2.93. The summed E-state index contributed by atoms with van der Waals surface area (Å²) >= 11 is 0. The van der Waals surface area contributed by atoms with Crippen LogP contribution in [0.1, 0.15) is 33.6 Å². The maximum absolute atomic E-state index is 11.5. The van der Waals surface area contributed by atoms with Gasteiger partial charge in [0.1, 0.15) is 5.78 Å². The van der Waals surface area contributed by atoms with Crippen LogP contribution in [-0.2, 0) is 9.59 Å². The SMILES string of the molecule is CC(=O)C1=C([O-])CC(C)(O)C(C(C)=O)C1. The van der Waals surface area contributed by atoms with Crippen LogP contribution in [0.15, 0.2) is 11.3 Å². The lowest BCUT2D eigenvalue weighted by molar-refractivity contribution is -0.316. The number of hydrogen-bond acceptors (Lipinski definition) is 4. The Morgan fingerprint density at radius 2 is 2.00 bits per heavy atom. The van der Waals surface area contributed by atoms with Crippen molar-refractivity contribution in [3.8, 4) is 0 Å². The van der Waals surface area contributed by atoms with E-state index in [-0.39, 0.29) is 35.7 Å². The lowest BCUT2D eigenvalue weighted by Gasteiger charge is -2.39. The highest BCUT2D eigenvalue weighted by Gasteiger charge is 2.39. The van der Waals surface area contributed by atoms with Crippen molar-refractivity contribution in [3.63, 3.8) is 0 Å². The Bertz CT molecular complexity index is 338. The maximum Gasteiger partial charge on any atom is 0.154 e. The summed E-state index contributed by atoms with van der Waals surface area (Å²) in [5, 5.41) is 21.4. The zero-order valence-electron chi connectivity index (χ0n) is 9.16. The van der Waals surface area contributed by atoms with E-state index in [2.05, 4.69) is 0 Å². The van der Waals surface area contributed by atoms with E-state index >= 15 is 0 Å². The van der Waals surface area contributed by atoms with Gasteiger partial charge in [-0.1, -0.05) is 0 Å². The van der Waals surface area contributed by atoms with E-state index in [4.69, 9.17) is 0 Å². The van der Waals surface area contributed by atoms with E-state index in [1.807, 2.05) is 0 Å². The Kier molecular flexibility index (Phi) is 3.00. The lowest BCUT2D eigenvalue weighted by atomic mass is 9.73. The van der Waals surface area contributed by atoms with Gasteiger partial charge in [0.15, 0.2) is 5.78 Å². The Balaban J connectivity index is 3.08. The minimum absolute atomic E-state index is 0.0660. The van der Waals surface area contributed by atoms with E-state index < -0.39 is 11.5 Å². The second-order valence-corrected chi connectivity index (χ2v) is 4.36. The van der Waals surface area contributed by atoms with Gasteiger partial charge in [-0.15, -0.1) is 5.76 Å². The number of allylic oxidation sites excluding steroid dienone is 1. The van der Waals surface area contributed by atoms with Gasteiger partial charge in [0.05, 0.1) is 11.5 Å². The number of aliphatic hydroxyl groups is 1. The van der Waals surface area contributed by atoms with Crippen molar-refractivity contribution in [1.82, 2.24) is 0 Å². The second kappa shape index (κ2) is 3.77. The van der Waals surface area contributed by atoms with Crippen molar-refractivity contribution >= 4 is 11.6 Å². The van der Waals surface area contributed by atoms with E-state index in [1.54, 1.807) is 0 Å². The molecule has 15 heavy (non-hydrogen) atoms. The third-order valence-corrected chi connectivity index (χ3v) is 2.93. The minimum Gasteiger partial charge on any atom is -0.875 e. The fourth-order valence-corrected chi connectivity index (χ4v) is 2.01. The molecule has 2 unspecified atom stereocenters. The number of rotatable bonds is 2. The molecule has 84 valence electrons. The summed E-state index contributed by atoms with van der Waals surface area (Å²) in [4.78, 5) is 22.4. The van der Waals surface area contributed by atoms with Gasteiger partial charge >= 0.3 is 0 Å². The number of carbonyl (C=O) groups excluding carboxylic acids is 2. The molecule has 0 spiro atoms. The van der Waals surface area contributed by atoms with Gasteiger partial charge in [0.2, 0.25) is 0 Å². The molecule has 1 rings (SSSR count). The molecule has 0 heterocycles. The number of carbonyl (C=O) groups is 2. The molecule has 4 nitrogen and oxygen atoms in total. The van der Waals surface area contributed by atoms with Gasteiger partial charge < -0.3 is 10.2 Å². The summed E-state index contributed by atoms with van der Waals surface area (Å²) in [7, 11) is 0. The molecule has 0 aromatic carbocycles. The Morgan fingerprint density at radius 3 is 2.40 bits per heavy atom. The molecule has 0 aromatic rings. The first-order valence-corrected chi connectivity index (χ1v) is 4.88. The molecule has 0 aromatic heterocycles. The fourth-order valence-electron chi connectivity index (χ4n) is 2.01. The van der Waals surface area contributed by atoms with E-state index in [1.165, 1.54) is 20.8 Å². The molecule has 2 atom stereocenters. The van der Waals surface area contributed by atoms with Crippen LogP contribution in [0.4, 0.5) is 0 Å². The summed E-state index contributed by atoms with van der Waals surface area (Å²) in [6, 6.07) is 0. The highest BCUT2D eigenvalue weighted by Crippen LogP contribution is 2.36. The highest BCUT2D eigenvalue weighted by atomic mass is 16.3. The van der Waals surface area contributed by atoms with Gasteiger partial charge in [-0.2, -0.15) is 0 Å². The van der Waals surface area contributed by atoms with Crippen molar-refractivity contribution in [3.05, 3.63) is 11.3 Å². The molecule has 0 amide bonds. The van der Waals surface area contributed by atoms with Crippen LogP contribution in [0.2, 0.25) is 0 Å². The molecule has 0 bridgehead atoms. The molecule has 0 fully saturated rings. The lowest BCUT2D eigenvalue weighted by Crippen LogP contribution is -2.44. The van der Waals surface area contributed by atoms with E-state index in [0.29, 0.717) is 0 Å². The Labute approximate surface area is 88.6 Å². The zero-order valence-corrected chi connectivity index (χ0v) is 9.16. The average Bonchev–Trinajstić information content (AvgIpc) is 1.99. The van der Waals surface area contributed by atoms with E-state index in [0.717, 1.165) is 0 Å². The molecular weight excluding hydrogens is 196 g/mol. The predicted molar refractivity (Wildman–Crippen MR) is 51.7 cm³/mol. The molecule has 1 N–H and O–H groups in total. The molecular formula is C11H15O4-. The fraction of sp³-hybridized carbons (Fsp3) is 0.636. The molecule has 0 saturated carbocycles. The third kappa shape index (κ3) is 2.26. The summed E-state index contributed by atoms with van der Waals surface area (Å²) in [5.41, 5.74) is -1.16. The van der Waals surface area contributed by atoms with Crippen LogP contribution in [0.5, 0.6) is 0 Å². The van der Waals surface area contributed by atoms with Crippen LogP contribution in [0.25, 0.3) is 0 Å². The Hall–Kier alpha value is -1.16. The zero-order chi connectivity index (χ0) is 11.8. The second-order valence-electron chi connectivity index (χ2n) is 4.36. The minimum atomic E-state index is -1.32. The molecule has 4 heteroatoms. The van der Waals surface area contributed by atoms with Crippen LogP contribution < -0.4 is 5.11 Å². The molecule has 0 radical (unpaired) electrons. The molecule has 1 aliphatic carbocycles. The highest BCUT2D eigenvalue weighted by molar-refractivity contribution is 5.95. The smallest absolute Gasteiger partial charge is 0.154 e. The van der Waals surface area contributed by atoms with Crippen LogP contribution in [0, 0.1) is 5.92 Å². The standard InChI is InChI=1S/C11H16O4/c1-6(12)8-4-9(7(2)13)11(3,15)5-10(8)14/h9,14-15H,4-5H2,1-3H3/p-1. The molecule has 1 aliphatic rings. The van der Waals surface area contributed by atoms with Gasteiger partial charge in [0, 0.05) is 0 Å². The van der Waals surface area contributed by atoms with Crippen LogP contribution in [-0.4, -0.2) is 22.3 Å². The van der Waals surface area contributed by atoms with Crippen molar-refractivity contribution < 1.29 is 19.8 Å². The molecule has 0 saturated heterocycles. The summed E-state index contributed by atoms with van der Waals surface area (Å²) in [6.45, 7) is 4.14. The van der Waals surface area contributed by atoms with Crippen LogP contribution >= 0.6 is 0 Å². The van der Waals surface area contributed by atoms with Gasteiger partial charge in [-0.25, -0.2) is 0 Å². The molecule has 0 aliphatic heterocycles.